The first-order valence-electron chi connectivity index (χ1n) is 12.9. The van der Waals surface area contributed by atoms with Gasteiger partial charge in [0.25, 0.3) is 5.91 Å². The average Bonchev–Trinajstić information content (AvgIpc) is 2.84. The molecule has 4 atom stereocenters. The van der Waals surface area contributed by atoms with Crippen LogP contribution in [0.3, 0.4) is 0 Å². The minimum atomic E-state index is -4.35. The van der Waals surface area contributed by atoms with E-state index in [0.29, 0.717) is 11.3 Å². The van der Waals surface area contributed by atoms with Crippen LogP contribution in [0, 0.1) is 11.8 Å². The second kappa shape index (κ2) is 10.7. The van der Waals surface area contributed by atoms with Crippen LogP contribution < -0.4 is 20.7 Å². The number of halogens is 3. The summed E-state index contributed by atoms with van der Waals surface area (Å²) in [6, 6.07) is 2.10. The third-order valence-electron chi connectivity index (χ3n) is 7.96. The number of primary amides is 1. The van der Waals surface area contributed by atoms with E-state index in [4.69, 9.17) is 10.5 Å². The van der Waals surface area contributed by atoms with Crippen LogP contribution in [0.1, 0.15) is 28.8 Å². The fourth-order valence-electron chi connectivity index (χ4n) is 6.19. The van der Waals surface area contributed by atoms with Crippen molar-refractivity contribution in [3.05, 3.63) is 45.9 Å². The normalized spacial score (nSPS) is 26.1. The minimum Gasteiger partial charge on any atom is -0.510 e. The first-order chi connectivity index (χ1) is 19.0. The molecular formula is C27H33F3N4O7. The van der Waals surface area contributed by atoms with Gasteiger partial charge in [0.2, 0.25) is 5.78 Å². The molecule has 0 unspecified atom stereocenters. The number of hydrogen-bond acceptors (Lipinski definition) is 10. The summed E-state index contributed by atoms with van der Waals surface area (Å²) in [5.41, 5.74) is 2.79. The Bertz CT molecular complexity index is 1350. The highest BCUT2D eigenvalue weighted by Crippen LogP contribution is 2.53. The maximum Gasteiger partial charge on any atom is 0.390 e. The van der Waals surface area contributed by atoms with Gasteiger partial charge in [0.15, 0.2) is 11.4 Å². The number of anilines is 1. The smallest absolute Gasteiger partial charge is 0.390 e. The monoisotopic (exact) mass is 582 g/mol. The lowest BCUT2D eigenvalue weighted by molar-refractivity contribution is -0.148. The van der Waals surface area contributed by atoms with Gasteiger partial charge in [0, 0.05) is 37.8 Å². The summed E-state index contributed by atoms with van der Waals surface area (Å²) in [5.74, 6) is -6.65. The summed E-state index contributed by atoms with van der Waals surface area (Å²) in [4.78, 5) is 42.8. The minimum absolute atomic E-state index is 0.0112. The highest BCUT2D eigenvalue weighted by atomic mass is 19.4. The first-order valence-corrected chi connectivity index (χ1v) is 12.9. The van der Waals surface area contributed by atoms with Crippen molar-refractivity contribution < 1.29 is 47.6 Å². The van der Waals surface area contributed by atoms with Gasteiger partial charge in [-0.25, -0.2) is 0 Å². The average molecular weight is 583 g/mol. The Morgan fingerprint density at radius 3 is 2.41 bits per heavy atom. The number of carbonyl (C=O) groups excluding carboxylic acids is 3. The van der Waals surface area contributed by atoms with Gasteiger partial charge in [-0.3, -0.25) is 24.6 Å². The summed E-state index contributed by atoms with van der Waals surface area (Å²) in [6.07, 6.45) is -5.26. The van der Waals surface area contributed by atoms with Crippen molar-refractivity contribution in [3.63, 3.8) is 0 Å². The van der Waals surface area contributed by atoms with Crippen LogP contribution in [0.5, 0.6) is 5.75 Å². The highest BCUT2D eigenvalue weighted by molar-refractivity contribution is 6.24. The number of aliphatic hydroxyl groups excluding tert-OH is 2. The molecule has 0 heterocycles. The van der Waals surface area contributed by atoms with Crippen molar-refractivity contribution in [2.75, 3.05) is 46.4 Å². The molecule has 0 aromatic heterocycles. The van der Waals surface area contributed by atoms with Gasteiger partial charge < -0.3 is 30.7 Å². The Morgan fingerprint density at radius 1 is 1.20 bits per heavy atom. The summed E-state index contributed by atoms with van der Waals surface area (Å²) in [5, 5.41) is 36.5. The zero-order valence-electron chi connectivity index (χ0n) is 23.0. The molecule has 1 amide bonds. The number of amides is 1. The van der Waals surface area contributed by atoms with E-state index >= 15 is 0 Å². The Morgan fingerprint density at radius 2 is 1.85 bits per heavy atom. The number of ether oxygens (including phenoxy) is 1. The van der Waals surface area contributed by atoms with Crippen LogP contribution in [0.4, 0.5) is 18.9 Å². The molecule has 0 bridgehead atoms. The van der Waals surface area contributed by atoms with Crippen LogP contribution in [0.15, 0.2) is 34.8 Å². The predicted molar refractivity (Wildman–Crippen MR) is 141 cm³/mol. The number of likely N-dealkylation sites (N-methyl/N-ethyl adjacent to an activating group) is 1. The van der Waals surface area contributed by atoms with Crippen LogP contribution in [0.2, 0.25) is 0 Å². The van der Waals surface area contributed by atoms with Crippen LogP contribution in [-0.2, 0) is 16.0 Å². The number of Topliss-reactive ketones (excluding diaryl/α,β-unsaturated/α-hetero) is 2. The summed E-state index contributed by atoms with van der Waals surface area (Å²) < 4.78 is 43.1. The highest BCUT2D eigenvalue weighted by Gasteiger charge is 2.63. The second-order valence-electron chi connectivity index (χ2n) is 10.9. The van der Waals surface area contributed by atoms with Gasteiger partial charge in [0.1, 0.15) is 29.6 Å². The van der Waals surface area contributed by atoms with E-state index in [0.717, 1.165) is 0 Å². The third-order valence-corrected chi connectivity index (χ3v) is 7.96. The number of hydrogen-bond donors (Lipinski definition) is 5. The van der Waals surface area contributed by atoms with Crippen molar-refractivity contribution in [1.29, 1.82) is 0 Å². The van der Waals surface area contributed by atoms with Crippen LogP contribution in [0.25, 0.3) is 0 Å². The standard InChI is InChI=1S/C27H33F3N4O7/c1-33(2)15-5-6-16(41-11-32-8-7-26(28,29)30)18-13(15)9-12-10-14-20(34(3)4)22(36)19(25(31)39)24(38)27(14,40)23(37)17(12)21(18)35/h5-6,12,14,20,32,36-37,40H,7-11H2,1-4H3,(H2,31,39)/t12-,14-,20-,27-/m0/s1. The summed E-state index contributed by atoms with van der Waals surface area (Å²) >= 11 is 0. The van der Waals surface area contributed by atoms with Gasteiger partial charge >= 0.3 is 6.18 Å². The molecule has 4 rings (SSSR count). The molecule has 0 aliphatic heterocycles. The topological polar surface area (TPSA) is 166 Å². The number of benzene rings is 1. The number of allylic oxidation sites excluding steroid dienone is 1. The number of aliphatic hydroxyl groups is 3. The summed E-state index contributed by atoms with van der Waals surface area (Å²) in [7, 11) is 6.64. The van der Waals surface area contributed by atoms with Gasteiger partial charge in [-0.2, -0.15) is 13.2 Å². The first kappa shape index (κ1) is 30.3. The maximum absolute atomic E-state index is 14.0. The predicted octanol–water partition coefficient (Wildman–Crippen LogP) is 1.36. The van der Waals surface area contributed by atoms with E-state index in [1.54, 1.807) is 39.2 Å². The zero-order chi connectivity index (χ0) is 30.6. The van der Waals surface area contributed by atoms with Crippen LogP contribution in [-0.4, -0.2) is 97.0 Å². The number of alkyl halides is 3. The van der Waals surface area contributed by atoms with Crippen molar-refractivity contribution in [1.82, 2.24) is 10.2 Å². The van der Waals surface area contributed by atoms with Crippen molar-refractivity contribution >= 4 is 23.2 Å². The van der Waals surface area contributed by atoms with E-state index in [1.807, 2.05) is 0 Å². The van der Waals surface area contributed by atoms with Gasteiger partial charge in [-0.1, -0.05) is 0 Å². The molecule has 1 aromatic rings. The van der Waals surface area contributed by atoms with E-state index in [-0.39, 0.29) is 36.5 Å². The van der Waals surface area contributed by atoms with E-state index in [1.165, 1.54) is 11.0 Å². The van der Waals surface area contributed by atoms with Crippen LogP contribution >= 0.6 is 0 Å². The molecule has 0 radical (unpaired) electrons. The molecule has 0 spiro atoms. The summed E-state index contributed by atoms with van der Waals surface area (Å²) in [6.45, 7) is -0.748. The molecular weight excluding hydrogens is 549 g/mol. The van der Waals surface area contributed by atoms with Crippen molar-refractivity contribution in [2.45, 2.75) is 37.1 Å². The largest absolute Gasteiger partial charge is 0.510 e. The number of nitrogens with one attached hydrogen (secondary N) is 1. The Labute approximate surface area is 234 Å². The molecule has 3 aliphatic rings. The second-order valence-corrected chi connectivity index (χ2v) is 10.9. The van der Waals surface area contributed by atoms with Gasteiger partial charge in [-0.05, 0) is 50.6 Å². The van der Waals surface area contributed by atoms with Crippen molar-refractivity contribution in [3.8, 4) is 5.75 Å². The number of nitrogens with two attached hydrogens (primary N) is 1. The molecule has 0 saturated carbocycles. The number of carbonyl (C=O) groups is 3. The van der Waals surface area contributed by atoms with E-state index in [9.17, 15) is 42.9 Å². The molecule has 1 aromatic carbocycles. The third kappa shape index (κ3) is 5.04. The van der Waals surface area contributed by atoms with Crippen molar-refractivity contribution in [2.24, 2.45) is 17.6 Å². The fourth-order valence-corrected chi connectivity index (χ4v) is 6.19. The Balaban J connectivity index is 1.80. The number of nitrogens with zero attached hydrogens (tertiary/aromatic N) is 2. The molecule has 6 N–H and O–H groups in total. The molecule has 0 fully saturated rings. The SMILES string of the molecule is CN(C)c1ccc(OCNCCC(F)(F)F)c2c1C[C@H]1C[C@H]3[C@H](N(C)C)C(O)=C(C(N)=O)C(=O)[C@@]3(O)C(O)=C1C2=O. The number of fused-ring (bicyclic) bond motifs is 3. The Hall–Kier alpha value is -3.62. The molecule has 14 heteroatoms. The lowest BCUT2D eigenvalue weighted by Gasteiger charge is -2.50. The molecule has 41 heavy (non-hydrogen) atoms. The van der Waals surface area contributed by atoms with E-state index < -0.39 is 77.2 Å². The molecule has 11 nitrogen and oxygen atoms in total. The maximum atomic E-state index is 14.0. The molecule has 3 aliphatic carbocycles. The lowest BCUT2D eigenvalue weighted by atomic mass is 9.58. The lowest BCUT2D eigenvalue weighted by Crippen LogP contribution is -2.63. The van der Waals surface area contributed by atoms with Gasteiger partial charge in [0.05, 0.1) is 18.0 Å². The quantitative estimate of drug-likeness (QED) is 0.172. The fraction of sp³-hybridized carbons (Fsp3) is 0.519. The Kier molecular flexibility index (Phi) is 7.88. The molecule has 0 saturated heterocycles. The molecule has 224 valence electrons. The zero-order valence-corrected chi connectivity index (χ0v) is 23.0. The van der Waals surface area contributed by atoms with Gasteiger partial charge in [-0.15, -0.1) is 0 Å². The number of ketones is 2. The van der Waals surface area contributed by atoms with E-state index in [2.05, 4.69) is 5.32 Å². The number of rotatable bonds is 8.